The van der Waals surface area contributed by atoms with E-state index in [4.69, 9.17) is 18.9 Å². The van der Waals surface area contributed by atoms with Crippen molar-refractivity contribution in [3.05, 3.63) is 96.1 Å². The van der Waals surface area contributed by atoms with E-state index in [1.54, 1.807) is 72.8 Å². The zero-order valence-corrected chi connectivity index (χ0v) is 36.1. The molecule has 2 atom stereocenters. The predicted octanol–water partition coefficient (Wildman–Crippen LogP) is 11.5. The average Bonchev–Trinajstić information content (AvgIpc) is 3.26. The third-order valence-corrected chi connectivity index (χ3v) is 10.6. The molecule has 0 bridgehead atoms. The first-order valence-electron chi connectivity index (χ1n) is 22.5. The van der Waals surface area contributed by atoms with Crippen LogP contribution >= 0.6 is 0 Å². The van der Waals surface area contributed by atoms with Gasteiger partial charge in [-0.25, -0.2) is 0 Å². The third-order valence-electron chi connectivity index (χ3n) is 10.6. The van der Waals surface area contributed by atoms with Crippen LogP contribution in [0.2, 0.25) is 0 Å². The lowest BCUT2D eigenvalue weighted by Gasteiger charge is -2.14. The Morgan fingerprint density at radius 2 is 0.817 bits per heavy atom. The molecule has 0 saturated heterocycles. The van der Waals surface area contributed by atoms with Crippen LogP contribution in [0.15, 0.2) is 84.9 Å². The first-order chi connectivity index (χ1) is 29.3. The van der Waals surface area contributed by atoms with Crippen molar-refractivity contribution in [1.29, 1.82) is 0 Å². The maximum absolute atomic E-state index is 13.4. The van der Waals surface area contributed by atoms with E-state index in [0.29, 0.717) is 47.0 Å². The summed E-state index contributed by atoms with van der Waals surface area (Å²) in [6.07, 6.45) is 18.1. The standard InChI is InChI=1S/C51H70O9/c1-3-5-7-9-11-13-15-17-31-57-35-43(52)37-59-45-27-29-47(49(54)33-45)39-19-23-41(24-20-39)51(56)42-25-21-40(22-26-42)48-30-28-46(34-50(48)55)60-38-44(53)36-58-32-18-16-14-12-10-8-6-4-2/h19-30,33-34,43-44,52-55H,3-18,31-32,35-38H2,1-2H3. The summed E-state index contributed by atoms with van der Waals surface area (Å²) in [4.78, 5) is 13.4. The molecular formula is C51H70O9. The summed E-state index contributed by atoms with van der Waals surface area (Å²) in [6, 6.07) is 24.1. The molecule has 4 aromatic carbocycles. The van der Waals surface area contributed by atoms with Crippen molar-refractivity contribution in [2.45, 2.75) is 129 Å². The molecule has 0 aliphatic heterocycles. The summed E-state index contributed by atoms with van der Waals surface area (Å²) in [7, 11) is 0. The van der Waals surface area contributed by atoms with Crippen molar-refractivity contribution in [2.24, 2.45) is 0 Å². The molecule has 0 saturated carbocycles. The van der Waals surface area contributed by atoms with Gasteiger partial charge in [0.25, 0.3) is 0 Å². The van der Waals surface area contributed by atoms with Gasteiger partial charge in [-0.05, 0) is 48.2 Å². The fraction of sp³-hybridized carbons (Fsp3) is 0.510. The molecule has 0 aromatic heterocycles. The molecule has 0 heterocycles. The van der Waals surface area contributed by atoms with Crippen LogP contribution in [0.5, 0.6) is 23.0 Å². The summed E-state index contributed by atoms with van der Waals surface area (Å²) in [6.45, 7) is 6.22. The van der Waals surface area contributed by atoms with Gasteiger partial charge in [-0.2, -0.15) is 0 Å². The molecule has 0 fully saturated rings. The maximum atomic E-state index is 13.4. The number of hydrogen-bond acceptors (Lipinski definition) is 9. The van der Waals surface area contributed by atoms with Crippen molar-refractivity contribution in [2.75, 3.05) is 39.6 Å². The summed E-state index contributed by atoms with van der Waals surface area (Å²) in [5, 5.41) is 42.1. The molecule has 328 valence electrons. The number of ether oxygens (including phenoxy) is 4. The van der Waals surface area contributed by atoms with Crippen LogP contribution in [0.25, 0.3) is 22.3 Å². The third kappa shape index (κ3) is 17.7. The van der Waals surface area contributed by atoms with Crippen molar-refractivity contribution >= 4 is 5.78 Å². The Morgan fingerprint density at radius 3 is 1.17 bits per heavy atom. The zero-order chi connectivity index (χ0) is 42.8. The molecule has 0 aliphatic carbocycles. The van der Waals surface area contributed by atoms with Crippen LogP contribution in [0.4, 0.5) is 0 Å². The number of hydrogen-bond donors (Lipinski definition) is 4. The van der Waals surface area contributed by atoms with Crippen molar-refractivity contribution in [3.63, 3.8) is 0 Å². The second-order valence-electron chi connectivity index (χ2n) is 15.9. The van der Waals surface area contributed by atoms with Crippen LogP contribution in [0.3, 0.4) is 0 Å². The van der Waals surface area contributed by atoms with Crippen molar-refractivity contribution in [3.8, 4) is 45.3 Å². The van der Waals surface area contributed by atoms with Crippen LogP contribution in [-0.2, 0) is 9.47 Å². The largest absolute Gasteiger partial charge is 0.507 e. The minimum atomic E-state index is -0.771. The highest BCUT2D eigenvalue weighted by atomic mass is 16.5. The molecule has 2 unspecified atom stereocenters. The smallest absolute Gasteiger partial charge is 0.193 e. The quantitative estimate of drug-likeness (QED) is 0.0280. The minimum absolute atomic E-state index is 0.0252. The van der Waals surface area contributed by atoms with Gasteiger partial charge in [-0.15, -0.1) is 0 Å². The van der Waals surface area contributed by atoms with E-state index >= 15 is 0 Å². The van der Waals surface area contributed by atoms with Gasteiger partial charge in [0, 0.05) is 47.6 Å². The predicted molar refractivity (Wildman–Crippen MR) is 240 cm³/mol. The van der Waals surface area contributed by atoms with Gasteiger partial charge in [0.15, 0.2) is 5.78 Å². The Bertz CT molecular complexity index is 1640. The lowest BCUT2D eigenvalue weighted by Crippen LogP contribution is -2.23. The minimum Gasteiger partial charge on any atom is -0.507 e. The first-order valence-corrected chi connectivity index (χ1v) is 22.5. The SMILES string of the molecule is CCCCCCCCCCOCC(O)COc1ccc(-c2ccc(C(=O)c3ccc(-c4ccc(OCC(O)COCCCCCCCCCC)cc4O)cc3)cc2)c(O)c1. The topological polar surface area (TPSA) is 135 Å². The number of aliphatic hydroxyl groups is 2. The Hall–Kier alpha value is -4.41. The zero-order valence-electron chi connectivity index (χ0n) is 36.1. The van der Waals surface area contributed by atoms with Gasteiger partial charge in [0.1, 0.15) is 48.4 Å². The van der Waals surface area contributed by atoms with Gasteiger partial charge in [0.2, 0.25) is 0 Å². The van der Waals surface area contributed by atoms with Crippen molar-refractivity contribution in [1.82, 2.24) is 0 Å². The van der Waals surface area contributed by atoms with Crippen LogP contribution < -0.4 is 9.47 Å². The summed E-state index contributed by atoms with van der Waals surface area (Å²) in [5.41, 5.74) is 3.64. The highest BCUT2D eigenvalue weighted by molar-refractivity contribution is 6.09. The highest BCUT2D eigenvalue weighted by Gasteiger charge is 2.14. The Balaban J connectivity index is 1.17. The fourth-order valence-electron chi connectivity index (χ4n) is 7.06. The lowest BCUT2D eigenvalue weighted by atomic mass is 9.97. The van der Waals surface area contributed by atoms with Crippen LogP contribution in [0.1, 0.15) is 133 Å². The molecule has 0 spiro atoms. The second-order valence-corrected chi connectivity index (χ2v) is 15.9. The van der Waals surface area contributed by atoms with Gasteiger partial charge in [0.05, 0.1) is 13.2 Å². The molecular weight excluding hydrogens is 757 g/mol. The van der Waals surface area contributed by atoms with E-state index in [2.05, 4.69) is 13.8 Å². The average molecular weight is 827 g/mol. The number of carbonyl (C=O) groups excluding carboxylic acids is 1. The Morgan fingerprint density at radius 1 is 0.467 bits per heavy atom. The van der Waals surface area contributed by atoms with Crippen LogP contribution in [0, 0.1) is 0 Å². The maximum Gasteiger partial charge on any atom is 0.193 e. The van der Waals surface area contributed by atoms with E-state index < -0.39 is 12.2 Å². The fourth-order valence-corrected chi connectivity index (χ4v) is 7.06. The van der Waals surface area contributed by atoms with E-state index in [1.807, 2.05) is 0 Å². The van der Waals surface area contributed by atoms with E-state index in [9.17, 15) is 25.2 Å². The summed E-state index contributed by atoms with van der Waals surface area (Å²) >= 11 is 0. The highest BCUT2D eigenvalue weighted by Crippen LogP contribution is 2.34. The Labute approximate surface area is 358 Å². The number of rotatable bonds is 32. The van der Waals surface area contributed by atoms with E-state index in [0.717, 1.165) is 36.8 Å². The molecule has 4 N–H and O–H groups in total. The van der Waals surface area contributed by atoms with Crippen molar-refractivity contribution < 1.29 is 44.2 Å². The number of benzene rings is 4. The molecule has 9 heteroatoms. The lowest BCUT2D eigenvalue weighted by molar-refractivity contribution is 0.0109. The molecule has 60 heavy (non-hydrogen) atoms. The van der Waals surface area contributed by atoms with Gasteiger partial charge >= 0.3 is 0 Å². The first kappa shape index (κ1) is 48.3. The normalized spacial score (nSPS) is 12.3. The molecule has 0 amide bonds. The van der Waals surface area contributed by atoms with E-state index in [1.165, 1.54) is 89.2 Å². The van der Waals surface area contributed by atoms with Gasteiger partial charge in [-0.1, -0.05) is 152 Å². The number of phenolic OH excluding ortho intramolecular Hbond substituents is 2. The number of carbonyl (C=O) groups is 1. The molecule has 0 radical (unpaired) electrons. The molecule has 4 rings (SSSR count). The monoisotopic (exact) mass is 827 g/mol. The van der Waals surface area contributed by atoms with E-state index in [-0.39, 0.29) is 43.7 Å². The Kier molecular flexibility index (Phi) is 22.7. The number of aromatic hydroxyl groups is 2. The number of unbranched alkanes of at least 4 members (excludes halogenated alkanes) is 14. The molecule has 9 nitrogen and oxygen atoms in total. The summed E-state index contributed by atoms with van der Waals surface area (Å²) < 4.78 is 22.7. The van der Waals surface area contributed by atoms with Gasteiger partial charge in [-0.3, -0.25) is 4.79 Å². The van der Waals surface area contributed by atoms with Gasteiger partial charge < -0.3 is 39.4 Å². The second kappa shape index (κ2) is 28.2. The molecule has 4 aromatic rings. The molecule has 0 aliphatic rings. The number of ketones is 1. The van der Waals surface area contributed by atoms with Crippen LogP contribution in [-0.4, -0.2) is 78.1 Å². The number of aliphatic hydroxyl groups excluding tert-OH is 2. The number of phenols is 2. The summed E-state index contributed by atoms with van der Waals surface area (Å²) in [5.74, 6) is 0.766.